The van der Waals surface area contributed by atoms with Crippen LogP contribution in [0.1, 0.15) is 110 Å². The van der Waals surface area contributed by atoms with Crippen LogP contribution < -0.4 is 11.5 Å². The molecule has 0 bridgehead atoms. The van der Waals surface area contributed by atoms with Crippen molar-refractivity contribution in [3.05, 3.63) is 0 Å². The lowest BCUT2D eigenvalue weighted by atomic mass is 10.0. The predicted octanol–water partition coefficient (Wildman–Crippen LogP) is 5.22. The molecule has 1 aliphatic rings. The van der Waals surface area contributed by atoms with Gasteiger partial charge in [-0.05, 0) is 13.0 Å². The highest BCUT2D eigenvalue weighted by Gasteiger charge is 2.26. The topological polar surface area (TPSA) is 55.3 Å². The van der Waals surface area contributed by atoms with Gasteiger partial charge < -0.3 is 16.4 Å². The Morgan fingerprint density at radius 1 is 0.560 bits per heavy atom. The average molecular weight is 354 g/mol. The number of likely N-dealkylation sites (tertiary alicyclic amines) is 1. The van der Waals surface area contributed by atoms with Crippen molar-refractivity contribution >= 4 is 0 Å². The summed E-state index contributed by atoms with van der Waals surface area (Å²) in [5, 5.41) is 0. The Labute approximate surface area is 158 Å². The Hall–Kier alpha value is -0.120. The van der Waals surface area contributed by atoms with Crippen LogP contribution >= 0.6 is 0 Å². The van der Waals surface area contributed by atoms with E-state index in [1.54, 1.807) is 0 Å². The summed E-state index contributed by atoms with van der Waals surface area (Å²) in [6, 6.07) is 0.391. The Balaban J connectivity index is 1.70. The SMILES string of the molecule is CCCCCCCCCCCCCCCCCCN1C[C@H](N)[C@@H](N)C1. The predicted molar refractivity (Wildman–Crippen MR) is 112 cm³/mol. The van der Waals surface area contributed by atoms with Gasteiger partial charge in [-0.3, -0.25) is 0 Å². The van der Waals surface area contributed by atoms with Crippen molar-refractivity contribution in [3.8, 4) is 0 Å². The fourth-order valence-electron chi connectivity index (χ4n) is 4.01. The van der Waals surface area contributed by atoms with Crippen LogP contribution in [0, 0.1) is 0 Å². The van der Waals surface area contributed by atoms with Crippen molar-refractivity contribution in [3.63, 3.8) is 0 Å². The zero-order valence-corrected chi connectivity index (χ0v) is 17.2. The van der Waals surface area contributed by atoms with Gasteiger partial charge in [0.05, 0.1) is 0 Å². The first-order valence-corrected chi connectivity index (χ1v) is 11.5. The number of rotatable bonds is 17. The third kappa shape index (κ3) is 12.8. The second-order valence-corrected chi connectivity index (χ2v) is 8.39. The molecule has 4 N–H and O–H groups in total. The zero-order valence-electron chi connectivity index (χ0n) is 17.2. The molecule has 0 aromatic rings. The molecule has 3 heteroatoms. The molecule has 0 aromatic heterocycles. The Bertz CT molecular complexity index is 272. The smallest absolute Gasteiger partial charge is 0.0334 e. The van der Waals surface area contributed by atoms with Gasteiger partial charge in [0, 0.05) is 25.2 Å². The van der Waals surface area contributed by atoms with E-state index < -0.39 is 0 Å². The first-order valence-electron chi connectivity index (χ1n) is 11.5. The molecule has 0 spiro atoms. The van der Waals surface area contributed by atoms with Gasteiger partial charge in [-0.1, -0.05) is 103 Å². The van der Waals surface area contributed by atoms with E-state index in [-0.39, 0.29) is 12.1 Å². The summed E-state index contributed by atoms with van der Waals surface area (Å²) in [6.45, 7) is 5.49. The highest BCUT2D eigenvalue weighted by Crippen LogP contribution is 2.14. The molecule has 0 amide bonds. The van der Waals surface area contributed by atoms with Crippen LogP contribution in [0.4, 0.5) is 0 Å². The van der Waals surface area contributed by atoms with Crippen LogP contribution in [0.25, 0.3) is 0 Å². The molecule has 1 rings (SSSR count). The molecule has 3 nitrogen and oxygen atoms in total. The van der Waals surface area contributed by atoms with Crippen molar-refractivity contribution in [2.75, 3.05) is 19.6 Å². The fourth-order valence-corrected chi connectivity index (χ4v) is 4.01. The largest absolute Gasteiger partial charge is 0.325 e. The van der Waals surface area contributed by atoms with Gasteiger partial charge in [-0.25, -0.2) is 0 Å². The van der Waals surface area contributed by atoms with Gasteiger partial charge in [-0.15, -0.1) is 0 Å². The van der Waals surface area contributed by atoms with Crippen molar-refractivity contribution in [1.82, 2.24) is 4.90 Å². The number of nitrogens with two attached hydrogens (primary N) is 2. The van der Waals surface area contributed by atoms with Crippen LogP contribution in [-0.4, -0.2) is 36.6 Å². The van der Waals surface area contributed by atoms with Crippen LogP contribution in [0.3, 0.4) is 0 Å². The molecule has 1 heterocycles. The van der Waals surface area contributed by atoms with Gasteiger partial charge in [0.1, 0.15) is 0 Å². The van der Waals surface area contributed by atoms with Crippen molar-refractivity contribution < 1.29 is 0 Å². The Morgan fingerprint density at radius 2 is 0.880 bits per heavy atom. The van der Waals surface area contributed by atoms with Crippen LogP contribution in [0.2, 0.25) is 0 Å². The number of hydrogen-bond acceptors (Lipinski definition) is 3. The van der Waals surface area contributed by atoms with Gasteiger partial charge in [0.25, 0.3) is 0 Å². The summed E-state index contributed by atoms with van der Waals surface area (Å²) < 4.78 is 0. The molecule has 0 radical (unpaired) electrons. The zero-order chi connectivity index (χ0) is 18.2. The van der Waals surface area contributed by atoms with Gasteiger partial charge in [-0.2, -0.15) is 0 Å². The number of nitrogens with zero attached hydrogens (tertiary/aromatic N) is 1. The highest BCUT2D eigenvalue weighted by atomic mass is 15.2. The van der Waals surface area contributed by atoms with Gasteiger partial charge in [0.2, 0.25) is 0 Å². The first-order chi connectivity index (χ1) is 12.2. The number of hydrogen-bond donors (Lipinski definition) is 2. The third-order valence-corrected chi connectivity index (χ3v) is 5.82. The molecule has 0 aromatic carbocycles. The summed E-state index contributed by atoms with van der Waals surface area (Å²) in [5.74, 6) is 0. The van der Waals surface area contributed by atoms with Crippen molar-refractivity contribution in [1.29, 1.82) is 0 Å². The maximum absolute atomic E-state index is 5.96. The van der Waals surface area contributed by atoms with Crippen LogP contribution in [0.5, 0.6) is 0 Å². The molecule has 0 saturated carbocycles. The van der Waals surface area contributed by atoms with Gasteiger partial charge in [0.15, 0.2) is 0 Å². The summed E-state index contributed by atoms with van der Waals surface area (Å²) in [7, 11) is 0. The minimum atomic E-state index is 0.195. The molecule has 2 atom stereocenters. The van der Waals surface area contributed by atoms with Crippen LogP contribution in [-0.2, 0) is 0 Å². The number of unbranched alkanes of at least 4 members (excludes halogenated alkanes) is 15. The second-order valence-electron chi connectivity index (χ2n) is 8.39. The van der Waals surface area contributed by atoms with E-state index in [1.165, 1.54) is 109 Å². The Morgan fingerprint density at radius 3 is 1.24 bits per heavy atom. The van der Waals surface area contributed by atoms with E-state index in [9.17, 15) is 0 Å². The highest BCUT2D eigenvalue weighted by molar-refractivity contribution is 4.89. The van der Waals surface area contributed by atoms with Crippen molar-refractivity contribution in [2.45, 2.75) is 122 Å². The third-order valence-electron chi connectivity index (χ3n) is 5.82. The van der Waals surface area contributed by atoms with Crippen LogP contribution in [0.15, 0.2) is 0 Å². The minimum absolute atomic E-state index is 0.195. The molecule has 1 fully saturated rings. The standard InChI is InChI=1S/C22H47N3/c1-2-3-4-5-6-7-8-9-10-11-12-13-14-15-16-17-18-25-19-21(23)22(24)20-25/h21-22H,2-20,23-24H2,1H3/t21-,22-/m0/s1. The van der Waals surface area contributed by atoms with E-state index in [0.29, 0.717) is 0 Å². The van der Waals surface area contributed by atoms with Crippen molar-refractivity contribution in [2.24, 2.45) is 11.5 Å². The maximum Gasteiger partial charge on any atom is 0.0334 e. The van der Waals surface area contributed by atoms with E-state index in [0.717, 1.165) is 13.1 Å². The minimum Gasteiger partial charge on any atom is -0.325 e. The van der Waals surface area contributed by atoms with E-state index in [4.69, 9.17) is 11.5 Å². The quantitative estimate of drug-likeness (QED) is 0.353. The molecule has 0 aliphatic carbocycles. The molecular weight excluding hydrogens is 306 g/mol. The van der Waals surface area contributed by atoms with Gasteiger partial charge >= 0.3 is 0 Å². The lowest BCUT2D eigenvalue weighted by molar-refractivity contribution is 0.320. The first kappa shape index (κ1) is 22.9. The molecule has 1 aliphatic heterocycles. The molecule has 150 valence electrons. The lowest BCUT2D eigenvalue weighted by Gasteiger charge is -2.14. The molecule has 25 heavy (non-hydrogen) atoms. The molecular formula is C22H47N3. The fraction of sp³-hybridized carbons (Fsp3) is 1.00. The lowest BCUT2D eigenvalue weighted by Crippen LogP contribution is -2.39. The Kier molecular flexibility index (Phi) is 14.7. The summed E-state index contributed by atoms with van der Waals surface area (Å²) in [4.78, 5) is 2.44. The molecule has 1 saturated heterocycles. The maximum atomic E-state index is 5.96. The normalized spacial score (nSPS) is 21.2. The summed E-state index contributed by atoms with van der Waals surface area (Å²) >= 11 is 0. The molecule has 0 unspecified atom stereocenters. The monoisotopic (exact) mass is 353 g/mol. The van der Waals surface area contributed by atoms with E-state index in [2.05, 4.69) is 11.8 Å². The van der Waals surface area contributed by atoms with E-state index >= 15 is 0 Å². The summed E-state index contributed by atoms with van der Waals surface area (Å²) in [5.41, 5.74) is 11.9. The second kappa shape index (κ2) is 16.1. The van der Waals surface area contributed by atoms with E-state index in [1.807, 2.05) is 0 Å². The average Bonchev–Trinajstić information content (AvgIpc) is 2.92. The summed E-state index contributed by atoms with van der Waals surface area (Å²) in [6.07, 6.45) is 22.9.